The van der Waals surface area contributed by atoms with E-state index in [0.717, 1.165) is 12.1 Å². The van der Waals surface area contributed by atoms with Crippen LogP contribution in [-0.2, 0) is 10.0 Å². The molecular formula is C20H17F3N4O3S. The van der Waals surface area contributed by atoms with Gasteiger partial charge in [-0.3, -0.25) is 14.2 Å². The SMILES string of the molecule is COc1cc2c(cnc3[nH]ncc32)cc1-c1c(F)ccc(NS(=O)(=O)CCCF)c1F. The van der Waals surface area contributed by atoms with E-state index in [9.17, 15) is 17.2 Å². The molecule has 0 atom stereocenters. The molecule has 2 aromatic heterocycles. The zero-order valence-corrected chi connectivity index (χ0v) is 17.1. The number of sulfonamides is 1. The molecular weight excluding hydrogens is 433 g/mol. The molecule has 2 heterocycles. The molecule has 4 rings (SSSR count). The van der Waals surface area contributed by atoms with Gasteiger partial charge in [0, 0.05) is 22.5 Å². The second-order valence-corrected chi connectivity index (χ2v) is 8.62. The Morgan fingerprint density at radius 1 is 1.16 bits per heavy atom. The lowest BCUT2D eigenvalue weighted by Gasteiger charge is -2.15. The smallest absolute Gasteiger partial charge is 0.232 e. The van der Waals surface area contributed by atoms with Gasteiger partial charge in [-0.05, 0) is 36.1 Å². The summed E-state index contributed by atoms with van der Waals surface area (Å²) in [4.78, 5) is 4.23. The van der Waals surface area contributed by atoms with Crippen LogP contribution in [0, 0.1) is 11.6 Å². The van der Waals surface area contributed by atoms with E-state index in [4.69, 9.17) is 4.74 Å². The summed E-state index contributed by atoms with van der Waals surface area (Å²) in [5.41, 5.74) is -0.277. The van der Waals surface area contributed by atoms with Crippen molar-refractivity contribution in [3.8, 4) is 16.9 Å². The number of pyridine rings is 1. The summed E-state index contributed by atoms with van der Waals surface area (Å²) < 4.78 is 73.9. The number of hydrogen-bond donors (Lipinski definition) is 2. The van der Waals surface area contributed by atoms with E-state index < -0.39 is 45.3 Å². The predicted octanol–water partition coefficient (Wildman–Crippen LogP) is 4.17. The van der Waals surface area contributed by atoms with Gasteiger partial charge in [0.15, 0.2) is 11.5 Å². The molecule has 0 aliphatic rings. The number of anilines is 1. The number of aromatic nitrogens is 3. The topological polar surface area (TPSA) is 97.0 Å². The zero-order chi connectivity index (χ0) is 22.2. The van der Waals surface area contributed by atoms with Crippen LogP contribution in [0.3, 0.4) is 0 Å². The van der Waals surface area contributed by atoms with Crippen molar-refractivity contribution >= 4 is 37.5 Å². The molecule has 0 unspecified atom stereocenters. The van der Waals surface area contributed by atoms with E-state index >= 15 is 4.39 Å². The van der Waals surface area contributed by atoms with Gasteiger partial charge in [0.05, 0.1) is 37.0 Å². The molecule has 0 aliphatic carbocycles. The fourth-order valence-corrected chi connectivity index (χ4v) is 4.44. The van der Waals surface area contributed by atoms with Crippen molar-refractivity contribution in [2.75, 3.05) is 24.3 Å². The van der Waals surface area contributed by atoms with Crippen LogP contribution in [0.1, 0.15) is 6.42 Å². The normalized spacial score (nSPS) is 11.9. The van der Waals surface area contributed by atoms with E-state index in [1.54, 1.807) is 12.3 Å². The number of H-pyrrole nitrogens is 1. The van der Waals surface area contributed by atoms with Crippen molar-refractivity contribution in [3.63, 3.8) is 0 Å². The molecule has 2 N–H and O–H groups in total. The minimum Gasteiger partial charge on any atom is -0.496 e. The maximum absolute atomic E-state index is 15.3. The van der Waals surface area contributed by atoms with Crippen molar-refractivity contribution < 1.29 is 26.3 Å². The van der Waals surface area contributed by atoms with Crippen LogP contribution in [-0.4, -0.2) is 43.1 Å². The van der Waals surface area contributed by atoms with Gasteiger partial charge in [-0.25, -0.2) is 22.2 Å². The summed E-state index contributed by atoms with van der Waals surface area (Å²) >= 11 is 0. The molecule has 31 heavy (non-hydrogen) atoms. The van der Waals surface area contributed by atoms with Gasteiger partial charge in [0.1, 0.15) is 11.6 Å². The molecule has 0 saturated heterocycles. The van der Waals surface area contributed by atoms with Crippen LogP contribution < -0.4 is 9.46 Å². The number of halogens is 3. The molecule has 0 saturated carbocycles. The number of rotatable bonds is 7. The Hall–Kier alpha value is -3.34. The van der Waals surface area contributed by atoms with E-state index in [1.807, 2.05) is 0 Å². The highest BCUT2D eigenvalue weighted by Crippen LogP contribution is 2.40. The lowest BCUT2D eigenvalue weighted by atomic mass is 9.98. The first-order chi connectivity index (χ1) is 14.8. The fourth-order valence-electron chi connectivity index (χ4n) is 3.35. The maximum atomic E-state index is 15.3. The summed E-state index contributed by atoms with van der Waals surface area (Å²) in [6.45, 7) is -0.829. The lowest BCUT2D eigenvalue weighted by Crippen LogP contribution is -2.18. The maximum Gasteiger partial charge on any atom is 0.232 e. The Morgan fingerprint density at radius 3 is 2.71 bits per heavy atom. The summed E-state index contributed by atoms with van der Waals surface area (Å²) in [6.07, 6.45) is 2.87. The number of methoxy groups -OCH3 is 1. The summed E-state index contributed by atoms with van der Waals surface area (Å²) in [6, 6.07) is 5.05. The fraction of sp³-hybridized carbons (Fsp3) is 0.200. The van der Waals surface area contributed by atoms with Crippen molar-refractivity contribution in [1.82, 2.24) is 15.2 Å². The van der Waals surface area contributed by atoms with Crippen molar-refractivity contribution in [2.45, 2.75) is 6.42 Å². The van der Waals surface area contributed by atoms with Crippen molar-refractivity contribution in [1.29, 1.82) is 0 Å². The molecule has 0 aliphatic heterocycles. The van der Waals surface area contributed by atoms with Crippen LogP contribution >= 0.6 is 0 Å². The molecule has 0 amide bonds. The standard InChI is InChI=1S/C20H17F3N4O3S/c1-30-17-8-12-11(9-24-20-14(12)10-25-26-20)7-13(17)18-15(22)3-4-16(19(18)23)27-31(28,29)6-2-5-21/h3-4,7-10,27H,2,5-6H2,1H3,(H,24,25,26). The third-order valence-electron chi connectivity index (χ3n) is 4.79. The number of aromatic amines is 1. The van der Waals surface area contributed by atoms with E-state index in [-0.39, 0.29) is 17.7 Å². The molecule has 4 aromatic rings. The largest absolute Gasteiger partial charge is 0.496 e. The third-order valence-corrected chi connectivity index (χ3v) is 6.14. The quantitative estimate of drug-likeness (QED) is 0.441. The van der Waals surface area contributed by atoms with Crippen LogP contribution in [0.2, 0.25) is 0 Å². The van der Waals surface area contributed by atoms with Crippen LogP contribution in [0.4, 0.5) is 18.9 Å². The Bertz CT molecular complexity index is 1390. The average Bonchev–Trinajstić information content (AvgIpc) is 3.23. The van der Waals surface area contributed by atoms with Gasteiger partial charge < -0.3 is 4.74 Å². The van der Waals surface area contributed by atoms with E-state index in [1.165, 1.54) is 19.4 Å². The van der Waals surface area contributed by atoms with Crippen molar-refractivity contribution in [2.24, 2.45) is 0 Å². The predicted molar refractivity (Wildman–Crippen MR) is 111 cm³/mol. The minimum absolute atomic E-state index is 0.0828. The highest BCUT2D eigenvalue weighted by atomic mass is 32.2. The second kappa shape index (κ2) is 8.06. The monoisotopic (exact) mass is 450 g/mol. The van der Waals surface area contributed by atoms with Gasteiger partial charge >= 0.3 is 0 Å². The summed E-state index contributed by atoms with van der Waals surface area (Å²) in [7, 11) is -2.64. The summed E-state index contributed by atoms with van der Waals surface area (Å²) in [5.74, 6) is -2.36. The average molecular weight is 450 g/mol. The molecule has 0 bridgehead atoms. The molecule has 2 aromatic carbocycles. The first kappa shape index (κ1) is 20.9. The van der Waals surface area contributed by atoms with Gasteiger partial charge in [0.25, 0.3) is 0 Å². The molecule has 162 valence electrons. The highest BCUT2D eigenvalue weighted by molar-refractivity contribution is 7.92. The Balaban J connectivity index is 1.88. The zero-order valence-electron chi connectivity index (χ0n) is 16.2. The minimum atomic E-state index is -4.00. The second-order valence-electron chi connectivity index (χ2n) is 6.78. The summed E-state index contributed by atoms with van der Waals surface area (Å²) in [5, 5.41) is 8.69. The highest BCUT2D eigenvalue weighted by Gasteiger charge is 2.22. The van der Waals surface area contributed by atoms with Gasteiger partial charge in [-0.15, -0.1) is 0 Å². The number of fused-ring (bicyclic) bond motifs is 3. The Kier molecular flexibility index (Phi) is 5.44. The lowest BCUT2D eigenvalue weighted by molar-refractivity contribution is 0.416. The molecule has 0 fully saturated rings. The first-order valence-electron chi connectivity index (χ1n) is 9.19. The number of benzene rings is 2. The van der Waals surface area contributed by atoms with Gasteiger partial charge in [-0.2, -0.15) is 5.10 Å². The molecule has 0 spiro atoms. The van der Waals surface area contributed by atoms with Crippen LogP contribution in [0.15, 0.2) is 36.7 Å². The van der Waals surface area contributed by atoms with Crippen LogP contribution in [0.5, 0.6) is 5.75 Å². The van der Waals surface area contributed by atoms with E-state index in [2.05, 4.69) is 19.9 Å². The number of ether oxygens (including phenoxy) is 1. The third kappa shape index (κ3) is 3.88. The number of alkyl halides is 1. The molecule has 11 heteroatoms. The van der Waals surface area contributed by atoms with E-state index in [0.29, 0.717) is 21.8 Å². The number of nitrogens with zero attached hydrogens (tertiary/aromatic N) is 2. The number of nitrogens with one attached hydrogen (secondary N) is 2. The molecule has 7 nitrogen and oxygen atoms in total. The van der Waals surface area contributed by atoms with Crippen LogP contribution in [0.25, 0.3) is 32.9 Å². The van der Waals surface area contributed by atoms with Crippen molar-refractivity contribution in [3.05, 3.63) is 48.3 Å². The first-order valence-corrected chi connectivity index (χ1v) is 10.8. The Morgan fingerprint density at radius 2 is 1.97 bits per heavy atom. The Labute approximate surface area is 175 Å². The number of hydrogen-bond acceptors (Lipinski definition) is 5. The van der Waals surface area contributed by atoms with Gasteiger partial charge in [0.2, 0.25) is 10.0 Å². The molecule has 0 radical (unpaired) electrons. The van der Waals surface area contributed by atoms with Gasteiger partial charge in [-0.1, -0.05) is 0 Å².